The lowest BCUT2D eigenvalue weighted by molar-refractivity contribution is 0.0521. The second-order valence-electron chi connectivity index (χ2n) is 6.30. The first kappa shape index (κ1) is 18.4. The molecule has 124 valence electrons. The van der Waals surface area contributed by atoms with E-state index in [0.29, 0.717) is 13.1 Å². The van der Waals surface area contributed by atoms with Crippen LogP contribution in [0.15, 0.2) is 18.6 Å². The largest absolute Gasteiger partial charge is 0.444 e. The van der Waals surface area contributed by atoms with Crippen LogP contribution in [0.3, 0.4) is 0 Å². The lowest BCUT2D eigenvalue weighted by Crippen LogP contribution is -2.42. The number of hydrogen-bond donors (Lipinski definition) is 2. The van der Waals surface area contributed by atoms with Crippen molar-refractivity contribution in [2.45, 2.75) is 65.1 Å². The summed E-state index contributed by atoms with van der Waals surface area (Å²) in [5.74, 6) is 0. The summed E-state index contributed by atoms with van der Waals surface area (Å²) in [6.45, 7) is 8.92. The van der Waals surface area contributed by atoms with E-state index in [2.05, 4.69) is 27.5 Å². The van der Waals surface area contributed by atoms with Crippen molar-refractivity contribution in [1.82, 2.24) is 20.6 Å². The predicted molar refractivity (Wildman–Crippen MR) is 86.4 cm³/mol. The van der Waals surface area contributed by atoms with Crippen molar-refractivity contribution in [3.05, 3.63) is 24.3 Å². The average molecular weight is 308 g/mol. The Morgan fingerprint density at radius 3 is 2.77 bits per heavy atom. The van der Waals surface area contributed by atoms with Crippen LogP contribution in [0.1, 0.15) is 52.7 Å². The predicted octanol–water partition coefficient (Wildman–Crippen LogP) is 2.65. The zero-order valence-corrected chi connectivity index (χ0v) is 14.1. The van der Waals surface area contributed by atoms with Crippen molar-refractivity contribution >= 4 is 6.09 Å². The molecule has 1 rings (SSSR count). The summed E-state index contributed by atoms with van der Waals surface area (Å²) in [7, 11) is 0. The Kier molecular flexibility index (Phi) is 7.80. The monoisotopic (exact) mass is 308 g/mol. The van der Waals surface area contributed by atoms with Crippen LogP contribution in [0.25, 0.3) is 0 Å². The van der Waals surface area contributed by atoms with Crippen LogP contribution in [-0.4, -0.2) is 34.2 Å². The lowest BCUT2D eigenvalue weighted by Gasteiger charge is -2.22. The molecule has 1 heterocycles. The van der Waals surface area contributed by atoms with Crippen LogP contribution < -0.4 is 10.6 Å². The molecule has 0 radical (unpaired) electrons. The van der Waals surface area contributed by atoms with Gasteiger partial charge in [-0.05, 0) is 33.3 Å². The number of ether oxygens (including phenoxy) is 1. The Balaban J connectivity index is 2.41. The van der Waals surface area contributed by atoms with Crippen molar-refractivity contribution < 1.29 is 9.53 Å². The summed E-state index contributed by atoms with van der Waals surface area (Å²) in [5.41, 5.74) is 0.464. The molecule has 1 atom stereocenters. The lowest BCUT2D eigenvalue weighted by atomic mass is 10.1. The first-order valence-corrected chi connectivity index (χ1v) is 7.86. The molecule has 0 bridgehead atoms. The number of nitrogens with zero attached hydrogens (tertiary/aromatic N) is 2. The van der Waals surface area contributed by atoms with Gasteiger partial charge in [0.15, 0.2) is 0 Å². The van der Waals surface area contributed by atoms with Crippen molar-refractivity contribution in [1.29, 1.82) is 0 Å². The smallest absolute Gasteiger partial charge is 0.407 e. The second-order valence-corrected chi connectivity index (χ2v) is 6.30. The minimum Gasteiger partial charge on any atom is -0.444 e. The number of nitrogens with one attached hydrogen (secondary N) is 2. The highest BCUT2D eigenvalue weighted by Crippen LogP contribution is 2.07. The first-order valence-electron chi connectivity index (χ1n) is 7.86. The molecule has 6 nitrogen and oxygen atoms in total. The van der Waals surface area contributed by atoms with Crippen LogP contribution in [-0.2, 0) is 11.3 Å². The van der Waals surface area contributed by atoms with Gasteiger partial charge in [0, 0.05) is 25.3 Å². The molecule has 0 fully saturated rings. The van der Waals surface area contributed by atoms with E-state index in [1.54, 1.807) is 6.20 Å². The third-order valence-corrected chi connectivity index (χ3v) is 3.01. The molecule has 0 aliphatic heterocycles. The Morgan fingerprint density at radius 1 is 1.41 bits per heavy atom. The van der Waals surface area contributed by atoms with Gasteiger partial charge in [-0.2, -0.15) is 0 Å². The maximum atomic E-state index is 11.7. The quantitative estimate of drug-likeness (QED) is 0.772. The third kappa shape index (κ3) is 8.56. The molecule has 1 aromatic rings. The summed E-state index contributed by atoms with van der Waals surface area (Å²) >= 11 is 0. The maximum Gasteiger partial charge on any atom is 0.407 e. The van der Waals surface area contributed by atoms with Crippen molar-refractivity contribution in [3.63, 3.8) is 0 Å². The Hall–Kier alpha value is -1.69. The Labute approximate surface area is 133 Å². The first-order chi connectivity index (χ1) is 10.4. The molecule has 0 spiro atoms. The standard InChI is InChI=1S/C16H28N4O2/c1-5-6-7-13(11-19-15(21)22-16(2,3)4)18-10-14-8-9-17-12-20-14/h8-9,12-13,18H,5-7,10-11H2,1-4H3,(H,19,21). The molecule has 0 aliphatic carbocycles. The van der Waals surface area contributed by atoms with Crippen molar-refractivity contribution in [2.24, 2.45) is 0 Å². The summed E-state index contributed by atoms with van der Waals surface area (Å²) in [5, 5.41) is 6.26. The number of aromatic nitrogens is 2. The highest BCUT2D eigenvalue weighted by atomic mass is 16.6. The number of hydrogen-bond acceptors (Lipinski definition) is 5. The normalized spacial score (nSPS) is 12.7. The average Bonchev–Trinajstić information content (AvgIpc) is 2.45. The van der Waals surface area contributed by atoms with Crippen LogP contribution in [0.4, 0.5) is 4.79 Å². The van der Waals surface area contributed by atoms with E-state index in [1.807, 2.05) is 26.8 Å². The van der Waals surface area contributed by atoms with Gasteiger partial charge in [-0.25, -0.2) is 14.8 Å². The second kappa shape index (κ2) is 9.35. The molecule has 6 heteroatoms. The number of amides is 1. The molecular weight excluding hydrogens is 280 g/mol. The van der Waals surface area contributed by atoms with E-state index in [0.717, 1.165) is 25.0 Å². The molecule has 0 aliphatic rings. The summed E-state index contributed by atoms with van der Waals surface area (Å²) in [6, 6.07) is 2.08. The molecule has 2 N–H and O–H groups in total. The minimum absolute atomic E-state index is 0.197. The van der Waals surface area contributed by atoms with E-state index in [-0.39, 0.29) is 12.1 Å². The van der Waals surface area contributed by atoms with Crippen LogP contribution in [0.2, 0.25) is 0 Å². The van der Waals surface area contributed by atoms with Crippen molar-refractivity contribution in [2.75, 3.05) is 6.54 Å². The number of rotatable bonds is 8. The van der Waals surface area contributed by atoms with Gasteiger partial charge in [0.25, 0.3) is 0 Å². The fourth-order valence-electron chi connectivity index (χ4n) is 1.92. The SMILES string of the molecule is CCCCC(CNC(=O)OC(C)(C)C)NCc1ccncn1. The van der Waals surface area contributed by atoms with Gasteiger partial charge in [0.2, 0.25) is 0 Å². The van der Waals surface area contributed by atoms with E-state index in [4.69, 9.17) is 4.74 Å². The molecular formula is C16H28N4O2. The summed E-state index contributed by atoms with van der Waals surface area (Å²) < 4.78 is 5.26. The van der Waals surface area contributed by atoms with Crippen LogP contribution in [0.5, 0.6) is 0 Å². The number of unbranched alkanes of at least 4 members (excludes halogenated alkanes) is 1. The Bertz CT molecular complexity index is 432. The van der Waals surface area contributed by atoms with E-state index >= 15 is 0 Å². The van der Waals surface area contributed by atoms with Gasteiger partial charge in [0.05, 0.1) is 5.69 Å². The molecule has 0 saturated carbocycles. The van der Waals surface area contributed by atoms with Crippen LogP contribution in [0, 0.1) is 0 Å². The van der Waals surface area contributed by atoms with Gasteiger partial charge in [-0.1, -0.05) is 19.8 Å². The highest BCUT2D eigenvalue weighted by Gasteiger charge is 2.17. The third-order valence-electron chi connectivity index (χ3n) is 3.01. The fraction of sp³-hybridized carbons (Fsp3) is 0.688. The van der Waals surface area contributed by atoms with Gasteiger partial charge in [-0.15, -0.1) is 0 Å². The van der Waals surface area contributed by atoms with Gasteiger partial charge in [0.1, 0.15) is 11.9 Å². The van der Waals surface area contributed by atoms with Gasteiger partial charge >= 0.3 is 6.09 Å². The van der Waals surface area contributed by atoms with E-state index < -0.39 is 5.60 Å². The zero-order chi connectivity index (χ0) is 16.4. The molecule has 0 saturated heterocycles. The van der Waals surface area contributed by atoms with E-state index in [9.17, 15) is 4.79 Å². The van der Waals surface area contributed by atoms with E-state index in [1.165, 1.54) is 6.33 Å². The molecule has 1 unspecified atom stereocenters. The maximum absolute atomic E-state index is 11.7. The molecule has 1 amide bonds. The summed E-state index contributed by atoms with van der Waals surface area (Å²) in [4.78, 5) is 19.8. The Morgan fingerprint density at radius 2 is 2.18 bits per heavy atom. The molecule has 1 aromatic heterocycles. The minimum atomic E-state index is -0.475. The zero-order valence-electron chi connectivity index (χ0n) is 14.1. The molecule has 0 aromatic carbocycles. The highest BCUT2D eigenvalue weighted by molar-refractivity contribution is 5.67. The number of carbonyl (C=O) groups is 1. The van der Waals surface area contributed by atoms with Gasteiger partial charge < -0.3 is 15.4 Å². The fourth-order valence-corrected chi connectivity index (χ4v) is 1.92. The van der Waals surface area contributed by atoms with Crippen LogP contribution >= 0.6 is 0 Å². The molecule has 22 heavy (non-hydrogen) atoms. The topological polar surface area (TPSA) is 76.1 Å². The number of carbonyl (C=O) groups excluding carboxylic acids is 1. The summed E-state index contributed by atoms with van der Waals surface area (Å²) in [6.07, 6.45) is 6.12. The van der Waals surface area contributed by atoms with Crippen molar-refractivity contribution in [3.8, 4) is 0 Å². The number of alkyl carbamates (subject to hydrolysis) is 1. The van der Waals surface area contributed by atoms with Gasteiger partial charge in [-0.3, -0.25) is 0 Å².